The molecule has 0 aromatic heterocycles. The van der Waals surface area contributed by atoms with Crippen LogP contribution in [0.2, 0.25) is 0 Å². The highest BCUT2D eigenvalue weighted by Crippen LogP contribution is 2.67. The summed E-state index contributed by atoms with van der Waals surface area (Å²) in [6, 6.07) is 8.87. The average Bonchev–Trinajstić information content (AvgIpc) is 3.18. The minimum Gasteiger partial charge on any atom is -0.373 e. The standard InChI is InChI=1S/C16H18O3S/c17-20(18,14-7-3-1-4-8-14)16-11-13(16)12-19-15(16)9-5-2-6-10-15/h1-5,7-8,13H,6,9-12H2/t13-,15-,16+/m1/s1. The Balaban J connectivity index is 1.83. The highest BCUT2D eigenvalue weighted by Gasteiger charge is 2.78. The second kappa shape index (κ2) is 3.95. The van der Waals surface area contributed by atoms with Crippen molar-refractivity contribution < 1.29 is 13.2 Å². The van der Waals surface area contributed by atoms with Gasteiger partial charge in [-0.3, -0.25) is 0 Å². The summed E-state index contributed by atoms with van der Waals surface area (Å²) in [4.78, 5) is 0.446. The lowest BCUT2D eigenvalue weighted by molar-refractivity contribution is -0.0252. The molecule has 1 saturated carbocycles. The first-order valence-corrected chi connectivity index (χ1v) is 8.69. The molecule has 2 fully saturated rings. The van der Waals surface area contributed by atoms with Crippen LogP contribution in [0.25, 0.3) is 0 Å². The van der Waals surface area contributed by atoms with Crippen molar-refractivity contribution in [3.63, 3.8) is 0 Å². The van der Waals surface area contributed by atoms with E-state index in [0.29, 0.717) is 11.5 Å². The molecule has 1 aliphatic heterocycles. The molecule has 1 aromatic rings. The minimum atomic E-state index is -3.33. The lowest BCUT2D eigenvalue weighted by Gasteiger charge is -2.38. The van der Waals surface area contributed by atoms with Crippen molar-refractivity contribution in [3.8, 4) is 0 Å². The van der Waals surface area contributed by atoms with Gasteiger partial charge in [0.25, 0.3) is 0 Å². The van der Waals surface area contributed by atoms with Gasteiger partial charge in [0.05, 0.1) is 17.1 Å². The molecule has 4 heteroatoms. The van der Waals surface area contributed by atoms with E-state index >= 15 is 0 Å². The van der Waals surface area contributed by atoms with E-state index in [9.17, 15) is 8.42 Å². The Bertz CT molecular complexity index is 664. The second-order valence-corrected chi connectivity index (χ2v) is 8.33. The molecular formula is C16H18O3S. The van der Waals surface area contributed by atoms with Crippen LogP contribution in [0.15, 0.2) is 47.4 Å². The quantitative estimate of drug-likeness (QED) is 0.787. The van der Waals surface area contributed by atoms with Crippen molar-refractivity contribution in [3.05, 3.63) is 42.5 Å². The molecule has 20 heavy (non-hydrogen) atoms. The molecule has 106 valence electrons. The maximum Gasteiger partial charge on any atom is 0.187 e. The van der Waals surface area contributed by atoms with Gasteiger partial charge in [-0.1, -0.05) is 30.4 Å². The third kappa shape index (κ3) is 1.36. The smallest absolute Gasteiger partial charge is 0.187 e. The van der Waals surface area contributed by atoms with E-state index in [2.05, 4.69) is 12.2 Å². The number of allylic oxidation sites excluding steroid dienone is 1. The van der Waals surface area contributed by atoms with Gasteiger partial charge >= 0.3 is 0 Å². The zero-order valence-corrected chi connectivity index (χ0v) is 12.1. The van der Waals surface area contributed by atoms with Gasteiger partial charge in [-0.15, -0.1) is 0 Å². The number of benzene rings is 1. The summed E-state index contributed by atoms with van der Waals surface area (Å²) in [5, 5.41) is 0. The summed E-state index contributed by atoms with van der Waals surface area (Å²) in [5.74, 6) is 0.180. The van der Waals surface area contributed by atoms with E-state index in [1.807, 2.05) is 6.07 Å². The van der Waals surface area contributed by atoms with Crippen LogP contribution in [-0.4, -0.2) is 25.4 Å². The van der Waals surface area contributed by atoms with Crippen molar-refractivity contribution in [2.45, 2.75) is 40.9 Å². The van der Waals surface area contributed by atoms with Gasteiger partial charge in [0, 0.05) is 5.92 Å². The largest absolute Gasteiger partial charge is 0.373 e. The van der Waals surface area contributed by atoms with E-state index in [-0.39, 0.29) is 5.92 Å². The van der Waals surface area contributed by atoms with Gasteiger partial charge in [-0.05, 0) is 37.8 Å². The van der Waals surface area contributed by atoms with Crippen LogP contribution in [0, 0.1) is 5.92 Å². The number of hydrogen-bond acceptors (Lipinski definition) is 3. The predicted octanol–water partition coefficient (Wildman–Crippen LogP) is 2.73. The third-order valence-electron chi connectivity index (χ3n) is 5.24. The van der Waals surface area contributed by atoms with Crippen LogP contribution in [0.1, 0.15) is 25.7 Å². The highest BCUT2D eigenvalue weighted by atomic mass is 32.2. The molecule has 1 saturated heterocycles. The highest BCUT2D eigenvalue weighted by molar-refractivity contribution is 7.93. The topological polar surface area (TPSA) is 43.4 Å². The van der Waals surface area contributed by atoms with Crippen LogP contribution in [-0.2, 0) is 14.6 Å². The monoisotopic (exact) mass is 290 g/mol. The molecule has 3 aliphatic rings. The van der Waals surface area contributed by atoms with E-state index < -0.39 is 20.2 Å². The SMILES string of the molecule is O=S(=O)(c1ccccc1)[C@@]12C[C@@H]1CO[C@@]21CC=CCC1. The number of rotatable bonds is 2. The summed E-state index contributed by atoms with van der Waals surface area (Å²) in [6.07, 6.45) is 7.46. The Morgan fingerprint density at radius 1 is 1.15 bits per heavy atom. The van der Waals surface area contributed by atoms with E-state index in [1.54, 1.807) is 24.3 Å². The summed E-state index contributed by atoms with van der Waals surface area (Å²) < 4.78 is 31.7. The lowest BCUT2D eigenvalue weighted by Crippen LogP contribution is -2.49. The van der Waals surface area contributed by atoms with Crippen LogP contribution in [0.5, 0.6) is 0 Å². The number of hydrogen-bond donors (Lipinski definition) is 0. The van der Waals surface area contributed by atoms with Gasteiger partial charge < -0.3 is 4.74 Å². The van der Waals surface area contributed by atoms with Crippen molar-refractivity contribution in [1.29, 1.82) is 0 Å². The van der Waals surface area contributed by atoms with E-state index in [0.717, 1.165) is 25.7 Å². The molecule has 3 nitrogen and oxygen atoms in total. The molecule has 3 atom stereocenters. The molecular weight excluding hydrogens is 272 g/mol. The maximum atomic E-state index is 13.2. The minimum absolute atomic E-state index is 0.180. The van der Waals surface area contributed by atoms with Crippen LogP contribution in [0.3, 0.4) is 0 Å². The zero-order valence-electron chi connectivity index (χ0n) is 11.3. The molecule has 1 heterocycles. The molecule has 0 N–H and O–H groups in total. The fourth-order valence-corrected chi connectivity index (χ4v) is 6.75. The van der Waals surface area contributed by atoms with Crippen LogP contribution < -0.4 is 0 Å². The van der Waals surface area contributed by atoms with Gasteiger partial charge in [0.15, 0.2) is 9.84 Å². The summed E-state index contributed by atoms with van der Waals surface area (Å²) in [5.41, 5.74) is -0.485. The molecule has 0 radical (unpaired) electrons. The fraction of sp³-hybridized carbons (Fsp3) is 0.500. The third-order valence-corrected chi connectivity index (χ3v) is 7.97. The molecule has 4 rings (SSSR count). The lowest BCUT2D eigenvalue weighted by atomic mass is 9.84. The average molecular weight is 290 g/mol. The molecule has 0 unspecified atom stereocenters. The number of sulfone groups is 1. The Labute approximate surface area is 119 Å². The van der Waals surface area contributed by atoms with Gasteiger partial charge in [-0.25, -0.2) is 8.42 Å². The number of ether oxygens (including phenoxy) is 1. The molecule has 1 spiro atoms. The summed E-state index contributed by atoms with van der Waals surface area (Å²) in [7, 11) is -3.33. The molecule has 1 aromatic carbocycles. The first kappa shape index (κ1) is 12.6. The molecule has 2 aliphatic carbocycles. The Hall–Kier alpha value is -1.13. The molecule has 0 amide bonds. The fourth-order valence-electron chi connectivity index (χ4n) is 4.15. The van der Waals surface area contributed by atoms with Crippen LogP contribution >= 0.6 is 0 Å². The van der Waals surface area contributed by atoms with Gasteiger partial charge in [0.1, 0.15) is 4.75 Å². The molecule has 0 bridgehead atoms. The Kier molecular flexibility index (Phi) is 2.49. The van der Waals surface area contributed by atoms with Gasteiger partial charge in [-0.2, -0.15) is 0 Å². The first-order chi connectivity index (χ1) is 9.62. The van der Waals surface area contributed by atoms with Crippen molar-refractivity contribution >= 4 is 9.84 Å². The Morgan fingerprint density at radius 2 is 1.95 bits per heavy atom. The van der Waals surface area contributed by atoms with Crippen molar-refractivity contribution in [2.75, 3.05) is 6.61 Å². The van der Waals surface area contributed by atoms with Gasteiger partial charge in [0.2, 0.25) is 0 Å². The first-order valence-electron chi connectivity index (χ1n) is 7.21. The summed E-state index contributed by atoms with van der Waals surface area (Å²) in [6.45, 7) is 0.597. The summed E-state index contributed by atoms with van der Waals surface area (Å²) >= 11 is 0. The zero-order chi connectivity index (χ0) is 13.8. The maximum absolute atomic E-state index is 13.2. The van der Waals surface area contributed by atoms with Crippen molar-refractivity contribution in [2.24, 2.45) is 5.92 Å². The number of fused-ring (bicyclic) bond motifs is 2. The van der Waals surface area contributed by atoms with E-state index in [1.165, 1.54) is 0 Å². The van der Waals surface area contributed by atoms with E-state index in [4.69, 9.17) is 4.74 Å². The van der Waals surface area contributed by atoms with Crippen LogP contribution in [0.4, 0.5) is 0 Å². The normalized spacial score (nSPS) is 38.9. The Morgan fingerprint density at radius 3 is 2.60 bits per heavy atom. The predicted molar refractivity (Wildman–Crippen MR) is 76.1 cm³/mol. The second-order valence-electron chi connectivity index (χ2n) is 6.13. The van der Waals surface area contributed by atoms with Crippen molar-refractivity contribution in [1.82, 2.24) is 0 Å².